The van der Waals surface area contributed by atoms with Crippen molar-refractivity contribution in [3.05, 3.63) is 52.7 Å². The number of benzene rings is 2. The summed E-state index contributed by atoms with van der Waals surface area (Å²) in [6, 6.07) is 12.4. The standard InChI is InChI=1S/C27H32ClN5O2S/c1-27(2,3)35-26(34)32-15-13-31(14-16-32)24-19-11-12-33(17-21(19)29-25(30-24)36-4)22-10-6-8-18-7-5-9-20(28)23(18)22/h5-10H,11-17H2,1-4H3. The van der Waals surface area contributed by atoms with Crippen LogP contribution in [0.3, 0.4) is 0 Å². The summed E-state index contributed by atoms with van der Waals surface area (Å²) < 4.78 is 5.56. The van der Waals surface area contributed by atoms with Gasteiger partial charge in [0.25, 0.3) is 0 Å². The number of anilines is 2. The summed E-state index contributed by atoms with van der Waals surface area (Å²) in [6.07, 6.45) is 2.62. The van der Waals surface area contributed by atoms with Crippen LogP contribution in [0.2, 0.25) is 5.02 Å². The first-order chi connectivity index (χ1) is 17.2. The van der Waals surface area contributed by atoms with Crippen molar-refractivity contribution in [2.24, 2.45) is 0 Å². The Morgan fingerprint density at radius 2 is 1.72 bits per heavy atom. The summed E-state index contributed by atoms with van der Waals surface area (Å²) in [5.41, 5.74) is 2.92. The molecule has 2 aliphatic heterocycles. The average Bonchev–Trinajstić information content (AvgIpc) is 2.86. The Hall–Kier alpha value is -2.71. The zero-order valence-electron chi connectivity index (χ0n) is 21.3. The monoisotopic (exact) mass is 525 g/mol. The Kier molecular flexibility index (Phi) is 6.92. The second-order valence-corrected chi connectivity index (χ2v) is 11.4. The zero-order chi connectivity index (χ0) is 25.4. The van der Waals surface area contributed by atoms with Gasteiger partial charge in [0.1, 0.15) is 11.4 Å². The molecule has 3 aromatic rings. The molecule has 9 heteroatoms. The molecule has 0 unspecified atom stereocenters. The van der Waals surface area contributed by atoms with E-state index in [4.69, 9.17) is 26.3 Å². The minimum Gasteiger partial charge on any atom is -0.444 e. The number of fused-ring (bicyclic) bond motifs is 2. The van der Waals surface area contributed by atoms with E-state index in [9.17, 15) is 4.79 Å². The van der Waals surface area contributed by atoms with Crippen LogP contribution < -0.4 is 9.80 Å². The molecule has 36 heavy (non-hydrogen) atoms. The maximum atomic E-state index is 12.5. The fraction of sp³-hybridized carbons (Fsp3) is 0.444. The largest absolute Gasteiger partial charge is 0.444 e. The van der Waals surface area contributed by atoms with Gasteiger partial charge in [0.15, 0.2) is 5.16 Å². The zero-order valence-corrected chi connectivity index (χ0v) is 22.8. The van der Waals surface area contributed by atoms with Gasteiger partial charge in [-0.05, 0) is 51.0 Å². The van der Waals surface area contributed by atoms with Crippen LogP contribution in [0, 0.1) is 0 Å². The number of hydrogen-bond donors (Lipinski definition) is 0. The predicted molar refractivity (Wildman–Crippen MR) is 148 cm³/mol. The number of aromatic nitrogens is 2. The average molecular weight is 526 g/mol. The van der Waals surface area contributed by atoms with Gasteiger partial charge in [-0.15, -0.1) is 0 Å². The quantitative estimate of drug-likeness (QED) is 0.324. The van der Waals surface area contributed by atoms with E-state index in [0.717, 1.165) is 64.2 Å². The van der Waals surface area contributed by atoms with Crippen LogP contribution in [-0.4, -0.2) is 65.5 Å². The molecule has 1 amide bonds. The minimum absolute atomic E-state index is 0.249. The third-order valence-corrected chi connectivity index (χ3v) is 7.47. The Bertz CT molecular complexity index is 1280. The first-order valence-electron chi connectivity index (χ1n) is 12.3. The van der Waals surface area contributed by atoms with E-state index in [1.54, 1.807) is 16.7 Å². The minimum atomic E-state index is -0.493. The number of amides is 1. The highest BCUT2D eigenvalue weighted by Crippen LogP contribution is 2.37. The van der Waals surface area contributed by atoms with Gasteiger partial charge >= 0.3 is 6.09 Å². The fourth-order valence-electron chi connectivity index (χ4n) is 4.91. The lowest BCUT2D eigenvalue weighted by molar-refractivity contribution is 0.0240. The van der Waals surface area contributed by atoms with Crippen LogP contribution in [0.4, 0.5) is 16.3 Å². The number of rotatable bonds is 3. The van der Waals surface area contributed by atoms with E-state index in [2.05, 4.69) is 34.1 Å². The number of thioether (sulfide) groups is 1. The topological polar surface area (TPSA) is 61.8 Å². The number of nitrogens with zero attached hydrogens (tertiary/aromatic N) is 5. The molecule has 1 aromatic heterocycles. The SMILES string of the molecule is CSc1nc2c(c(N3CCN(C(=O)OC(C)(C)C)CC3)n1)CCN(c1cccc3cccc(Cl)c13)C2. The molecule has 0 bridgehead atoms. The van der Waals surface area contributed by atoms with E-state index in [1.165, 1.54) is 5.56 Å². The normalized spacial score (nSPS) is 16.3. The molecule has 0 radical (unpaired) electrons. The molecule has 2 aromatic carbocycles. The third-order valence-electron chi connectivity index (χ3n) is 6.61. The van der Waals surface area contributed by atoms with Gasteiger partial charge in [-0.25, -0.2) is 14.8 Å². The van der Waals surface area contributed by atoms with Crippen molar-refractivity contribution in [1.29, 1.82) is 0 Å². The maximum Gasteiger partial charge on any atom is 0.410 e. The van der Waals surface area contributed by atoms with Crippen molar-refractivity contribution in [3.63, 3.8) is 0 Å². The fourth-order valence-corrected chi connectivity index (χ4v) is 5.57. The number of halogens is 1. The molecule has 190 valence electrons. The van der Waals surface area contributed by atoms with Gasteiger partial charge in [0, 0.05) is 49.4 Å². The van der Waals surface area contributed by atoms with Crippen LogP contribution in [0.1, 0.15) is 32.0 Å². The summed E-state index contributed by atoms with van der Waals surface area (Å²) in [4.78, 5) is 28.8. The van der Waals surface area contributed by atoms with Crippen LogP contribution >= 0.6 is 23.4 Å². The Morgan fingerprint density at radius 1 is 1.00 bits per heavy atom. The molecule has 7 nitrogen and oxygen atoms in total. The van der Waals surface area contributed by atoms with Crippen molar-refractivity contribution in [2.45, 2.75) is 44.5 Å². The molecule has 3 heterocycles. The summed E-state index contributed by atoms with van der Waals surface area (Å²) in [7, 11) is 0. The molecule has 5 rings (SSSR count). The van der Waals surface area contributed by atoms with Gasteiger partial charge in [-0.3, -0.25) is 0 Å². The Balaban J connectivity index is 1.39. The summed E-state index contributed by atoms with van der Waals surface area (Å²) in [5, 5.41) is 3.77. The molecule has 0 saturated carbocycles. The van der Waals surface area contributed by atoms with Crippen molar-refractivity contribution < 1.29 is 9.53 Å². The first kappa shape index (κ1) is 25.0. The summed E-state index contributed by atoms with van der Waals surface area (Å²) in [5.74, 6) is 1.00. The number of carbonyl (C=O) groups is 1. The lowest BCUT2D eigenvalue weighted by atomic mass is 10.0. The molecule has 2 aliphatic rings. The molecule has 0 spiro atoms. The second kappa shape index (κ2) is 9.98. The molecule has 1 fully saturated rings. The number of hydrogen-bond acceptors (Lipinski definition) is 7. The van der Waals surface area contributed by atoms with E-state index in [0.29, 0.717) is 19.6 Å². The number of piperazine rings is 1. The summed E-state index contributed by atoms with van der Waals surface area (Å²) >= 11 is 8.19. The van der Waals surface area contributed by atoms with Crippen molar-refractivity contribution in [3.8, 4) is 0 Å². The van der Waals surface area contributed by atoms with Crippen molar-refractivity contribution in [1.82, 2.24) is 14.9 Å². The molecule has 0 N–H and O–H groups in total. The highest BCUT2D eigenvalue weighted by molar-refractivity contribution is 7.98. The molecule has 0 aliphatic carbocycles. The lowest BCUT2D eigenvalue weighted by Gasteiger charge is -2.38. The number of carbonyl (C=O) groups excluding carboxylic acids is 1. The van der Waals surface area contributed by atoms with E-state index < -0.39 is 5.60 Å². The van der Waals surface area contributed by atoms with E-state index >= 15 is 0 Å². The molecular formula is C27H32ClN5O2S. The van der Waals surface area contributed by atoms with Gasteiger partial charge in [-0.1, -0.05) is 47.6 Å². The second-order valence-electron chi connectivity index (χ2n) is 10.2. The molecule has 0 atom stereocenters. The van der Waals surface area contributed by atoms with Gasteiger partial charge in [0.2, 0.25) is 0 Å². The lowest BCUT2D eigenvalue weighted by Crippen LogP contribution is -2.50. The van der Waals surface area contributed by atoms with Gasteiger partial charge in [-0.2, -0.15) is 0 Å². The number of ether oxygens (including phenoxy) is 1. The predicted octanol–water partition coefficient (Wildman–Crippen LogP) is 5.62. The first-order valence-corrected chi connectivity index (χ1v) is 13.9. The van der Waals surface area contributed by atoms with Crippen LogP contribution in [-0.2, 0) is 17.7 Å². The smallest absolute Gasteiger partial charge is 0.410 e. The highest BCUT2D eigenvalue weighted by Gasteiger charge is 2.30. The van der Waals surface area contributed by atoms with Crippen LogP contribution in [0.15, 0.2) is 41.6 Å². The van der Waals surface area contributed by atoms with E-state index in [-0.39, 0.29) is 6.09 Å². The highest BCUT2D eigenvalue weighted by atomic mass is 35.5. The molecular weight excluding hydrogens is 494 g/mol. The van der Waals surface area contributed by atoms with Gasteiger partial charge in [0.05, 0.1) is 17.3 Å². The van der Waals surface area contributed by atoms with Crippen molar-refractivity contribution in [2.75, 3.05) is 48.8 Å². The Labute approximate surface area is 221 Å². The van der Waals surface area contributed by atoms with Crippen LogP contribution in [0.5, 0.6) is 0 Å². The summed E-state index contributed by atoms with van der Waals surface area (Å²) in [6.45, 7) is 9.93. The third kappa shape index (κ3) is 5.06. The molecule has 1 saturated heterocycles. The van der Waals surface area contributed by atoms with Crippen LogP contribution in [0.25, 0.3) is 10.8 Å². The van der Waals surface area contributed by atoms with Gasteiger partial charge < -0.3 is 19.4 Å². The van der Waals surface area contributed by atoms with E-state index in [1.807, 2.05) is 39.2 Å². The van der Waals surface area contributed by atoms with Crippen molar-refractivity contribution >= 4 is 51.7 Å². The Morgan fingerprint density at radius 3 is 2.42 bits per heavy atom. The maximum absolute atomic E-state index is 12.5.